The van der Waals surface area contributed by atoms with Crippen molar-refractivity contribution in [1.29, 1.82) is 0 Å². The number of halogens is 2. The van der Waals surface area contributed by atoms with Crippen LogP contribution in [0, 0.1) is 12.2 Å². The van der Waals surface area contributed by atoms with E-state index in [4.69, 9.17) is 0 Å². The zero-order valence-electron chi connectivity index (χ0n) is 11.5. The number of hydrogen-bond acceptors (Lipinski definition) is 0. The van der Waals surface area contributed by atoms with E-state index in [1.807, 2.05) is 0 Å². The molecular formula is C15H20Cl2Zr-2. The molecule has 0 aromatic rings. The Balaban J connectivity index is -0.000000182. The molecule has 0 aliphatic heterocycles. The van der Waals surface area contributed by atoms with Gasteiger partial charge in [-0.05, 0) is 0 Å². The summed E-state index contributed by atoms with van der Waals surface area (Å²) in [5, 5.41) is 0. The molecule has 0 spiro atoms. The van der Waals surface area contributed by atoms with Crippen molar-refractivity contribution < 1.29 is 49.0 Å². The third-order valence-electron chi connectivity index (χ3n) is 1.73. The van der Waals surface area contributed by atoms with Crippen LogP contribution in [0.4, 0.5) is 0 Å². The Labute approximate surface area is 139 Å². The zero-order chi connectivity index (χ0) is 12.4. The van der Waals surface area contributed by atoms with Crippen LogP contribution in [0.5, 0.6) is 0 Å². The molecule has 2 aliphatic rings. The summed E-state index contributed by atoms with van der Waals surface area (Å²) < 4.78 is 1.51. The van der Waals surface area contributed by atoms with Gasteiger partial charge in [0.15, 0.2) is 0 Å². The second kappa shape index (κ2) is 15.4. The Bertz CT molecular complexity index is 299. The fraction of sp³-hybridized carbons (Fsp3) is 0.400. The first-order valence-corrected chi connectivity index (χ1v) is 6.75. The predicted molar refractivity (Wildman–Crippen MR) is 68.7 cm³/mol. The first-order valence-electron chi connectivity index (χ1n) is 5.52. The molecule has 3 heteroatoms. The van der Waals surface area contributed by atoms with E-state index in [9.17, 15) is 0 Å². The summed E-state index contributed by atoms with van der Waals surface area (Å²) >= 11 is 1.55. The van der Waals surface area contributed by atoms with Crippen molar-refractivity contribution >= 4 is 3.21 Å². The van der Waals surface area contributed by atoms with Crippen molar-refractivity contribution in [2.45, 2.75) is 40.5 Å². The van der Waals surface area contributed by atoms with Gasteiger partial charge in [0.1, 0.15) is 0 Å². The summed E-state index contributed by atoms with van der Waals surface area (Å²) in [7, 11) is 0. The second-order valence-corrected chi connectivity index (χ2v) is 6.39. The van der Waals surface area contributed by atoms with Gasteiger partial charge in [0.25, 0.3) is 0 Å². The summed E-state index contributed by atoms with van der Waals surface area (Å²) in [6.07, 6.45) is 16.7. The first kappa shape index (κ1) is 23.4. The summed E-state index contributed by atoms with van der Waals surface area (Å²) in [4.78, 5) is 0. The van der Waals surface area contributed by atoms with Gasteiger partial charge in [-0.2, -0.15) is 12.2 Å². The van der Waals surface area contributed by atoms with Crippen LogP contribution in [-0.2, 0) is 24.2 Å². The van der Waals surface area contributed by atoms with Crippen LogP contribution in [0.1, 0.15) is 40.5 Å². The molecule has 0 radical (unpaired) electrons. The van der Waals surface area contributed by atoms with E-state index >= 15 is 0 Å². The van der Waals surface area contributed by atoms with Gasteiger partial charge < -0.3 is 24.8 Å². The first-order chi connectivity index (χ1) is 7.52. The molecule has 2 aliphatic carbocycles. The SMILES string of the molecule is CC1=[C-]CC=C1.CC1=[C-]CC=C1.C[C](C)=[Zr+2].[Cl-].[Cl-]. The third-order valence-corrected chi connectivity index (χ3v) is 1.73. The van der Waals surface area contributed by atoms with Crippen LogP contribution in [-0.4, -0.2) is 3.21 Å². The van der Waals surface area contributed by atoms with Crippen molar-refractivity contribution in [2.24, 2.45) is 0 Å². The normalized spacial score (nSPS) is 13.9. The average molecular weight is 362 g/mol. The predicted octanol–water partition coefficient (Wildman–Crippen LogP) is -1.86. The molecule has 0 amide bonds. The van der Waals surface area contributed by atoms with Crippen molar-refractivity contribution in [2.75, 3.05) is 0 Å². The average Bonchev–Trinajstić information content (AvgIpc) is 2.78. The molecule has 0 aromatic carbocycles. The molecule has 0 N–H and O–H groups in total. The number of hydrogen-bond donors (Lipinski definition) is 0. The largest absolute Gasteiger partial charge is 1.00 e. The standard InChI is InChI=1S/2C6H7.C3H6.2ClH.Zr/c2*1-6-4-2-3-5-6;1-3-2;;;/h2*2,4H,3H2,1H3;1-2H3;2*1H;/q2*-1;;;;+2/p-2. The second-order valence-electron chi connectivity index (χ2n) is 3.93. The van der Waals surface area contributed by atoms with Crippen LogP contribution < -0.4 is 24.8 Å². The van der Waals surface area contributed by atoms with E-state index in [0.29, 0.717) is 0 Å². The van der Waals surface area contributed by atoms with E-state index in [1.165, 1.54) is 14.4 Å². The summed E-state index contributed by atoms with van der Waals surface area (Å²) in [5.74, 6) is 0. The molecule has 0 heterocycles. The van der Waals surface area contributed by atoms with Crippen LogP contribution in [0.2, 0.25) is 0 Å². The van der Waals surface area contributed by atoms with E-state index in [0.717, 1.165) is 12.8 Å². The molecule has 0 unspecified atom stereocenters. The third kappa shape index (κ3) is 18.7. The van der Waals surface area contributed by atoms with Crippen molar-refractivity contribution in [3.8, 4) is 0 Å². The Morgan fingerprint density at radius 2 is 1.22 bits per heavy atom. The van der Waals surface area contributed by atoms with Gasteiger partial charge in [0.05, 0.1) is 0 Å². The fourth-order valence-corrected chi connectivity index (χ4v) is 1.03. The molecule has 0 fully saturated rings. The van der Waals surface area contributed by atoms with Crippen molar-refractivity contribution in [1.82, 2.24) is 0 Å². The van der Waals surface area contributed by atoms with Gasteiger partial charge in [0, 0.05) is 0 Å². The molecule has 0 saturated heterocycles. The zero-order valence-corrected chi connectivity index (χ0v) is 15.4. The van der Waals surface area contributed by atoms with E-state index in [1.54, 1.807) is 24.2 Å². The minimum absolute atomic E-state index is 0. The van der Waals surface area contributed by atoms with Gasteiger partial charge in [-0.3, -0.25) is 12.2 Å². The van der Waals surface area contributed by atoms with Crippen LogP contribution in [0.3, 0.4) is 0 Å². The maximum atomic E-state index is 3.12. The van der Waals surface area contributed by atoms with Crippen molar-refractivity contribution in [3.63, 3.8) is 0 Å². The van der Waals surface area contributed by atoms with Crippen LogP contribution in [0.15, 0.2) is 35.5 Å². The topological polar surface area (TPSA) is 0 Å². The summed E-state index contributed by atoms with van der Waals surface area (Å²) in [5.41, 5.74) is 2.55. The molecule has 0 saturated carbocycles. The van der Waals surface area contributed by atoms with Gasteiger partial charge in [0.2, 0.25) is 0 Å². The molecule has 2 rings (SSSR count). The maximum absolute atomic E-state index is 3.12. The van der Waals surface area contributed by atoms with Gasteiger partial charge in [-0.1, -0.05) is 13.8 Å². The number of rotatable bonds is 0. The molecular weight excluding hydrogens is 342 g/mol. The van der Waals surface area contributed by atoms with E-state index < -0.39 is 0 Å². The molecule has 100 valence electrons. The minimum atomic E-state index is 0. The molecule has 0 bridgehead atoms. The monoisotopic (exact) mass is 360 g/mol. The summed E-state index contributed by atoms with van der Waals surface area (Å²) in [6, 6.07) is 0. The van der Waals surface area contributed by atoms with Gasteiger partial charge in [-0.25, -0.2) is 23.3 Å². The number of allylic oxidation sites excluding steroid dienone is 8. The van der Waals surface area contributed by atoms with Crippen LogP contribution in [0.25, 0.3) is 0 Å². The van der Waals surface area contributed by atoms with E-state index in [-0.39, 0.29) is 24.8 Å². The van der Waals surface area contributed by atoms with Crippen LogP contribution >= 0.6 is 0 Å². The molecule has 18 heavy (non-hydrogen) atoms. The molecule has 0 aromatic heterocycles. The Kier molecular flexibility index (Phi) is 19.9. The Morgan fingerprint density at radius 1 is 0.944 bits per heavy atom. The quantitative estimate of drug-likeness (QED) is 0.444. The van der Waals surface area contributed by atoms with Crippen molar-refractivity contribution in [3.05, 3.63) is 47.6 Å². The smallest absolute Gasteiger partial charge is 1.00 e. The minimum Gasteiger partial charge on any atom is -1.00 e. The van der Waals surface area contributed by atoms with Gasteiger partial charge >= 0.3 is 41.3 Å². The Hall–Kier alpha value is 0.293. The molecule has 0 atom stereocenters. The molecule has 0 nitrogen and oxygen atoms in total. The maximum Gasteiger partial charge on any atom is -1.00 e. The van der Waals surface area contributed by atoms with E-state index in [2.05, 4.69) is 64.2 Å². The summed E-state index contributed by atoms with van der Waals surface area (Å²) in [6.45, 7) is 8.36. The van der Waals surface area contributed by atoms with Gasteiger partial charge in [-0.15, -0.1) is 12.8 Å². The Morgan fingerprint density at radius 3 is 1.28 bits per heavy atom. The fourth-order valence-electron chi connectivity index (χ4n) is 1.03.